The number of hydrogen-bond donors (Lipinski definition) is 0. The quantitative estimate of drug-likeness (QED) is 0.176. The highest BCUT2D eigenvalue weighted by atomic mass is 35.5. The van der Waals surface area contributed by atoms with Gasteiger partial charge < -0.3 is 4.84 Å². The maximum atomic E-state index is 13.7. The van der Waals surface area contributed by atoms with E-state index < -0.39 is 5.97 Å². The van der Waals surface area contributed by atoms with E-state index in [1.165, 1.54) is 18.2 Å². The zero-order chi connectivity index (χ0) is 23.6. The SMILES string of the molecule is Cc1c(C)c(C)c(C(=O)/C(=N\OC(=O)c2ccc(Cl)c(Cl)c2)c2ccccc2)c(C)c1C. The van der Waals surface area contributed by atoms with Crippen LogP contribution < -0.4 is 0 Å². The summed E-state index contributed by atoms with van der Waals surface area (Å²) in [6, 6.07) is 13.3. The van der Waals surface area contributed by atoms with Gasteiger partial charge in [0.1, 0.15) is 0 Å². The molecule has 0 radical (unpaired) electrons. The number of rotatable bonds is 5. The van der Waals surface area contributed by atoms with Crippen LogP contribution in [0.25, 0.3) is 0 Å². The van der Waals surface area contributed by atoms with Crippen molar-refractivity contribution in [2.24, 2.45) is 5.16 Å². The summed E-state index contributed by atoms with van der Waals surface area (Å²) in [6.07, 6.45) is 0. The fraction of sp³-hybridized carbons (Fsp3) is 0.192. The molecule has 0 saturated carbocycles. The van der Waals surface area contributed by atoms with Crippen molar-refractivity contribution < 1.29 is 14.4 Å². The summed E-state index contributed by atoms with van der Waals surface area (Å²) in [5.41, 5.74) is 6.37. The van der Waals surface area contributed by atoms with E-state index >= 15 is 0 Å². The Labute approximate surface area is 197 Å². The molecule has 0 heterocycles. The summed E-state index contributed by atoms with van der Waals surface area (Å²) in [5.74, 6) is -1.05. The van der Waals surface area contributed by atoms with Gasteiger partial charge in [0.05, 0.1) is 15.6 Å². The number of benzene rings is 3. The monoisotopic (exact) mass is 467 g/mol. The molecule has 6 heteroatoms. The van der Waals surface area contributed by atoms with Gasteiger partial charge in [-0.3, -0.25) is 4.79 Å². The third kappa shape index (κ3) is 4.62. The average molecular weight is 468 g/mol. The van der Waals surface area contributed by atoms with Crippen molar-refractivity contribution in [3.63, 3.8) is 0 Å². The van der Waals surface area contributed by atoms with E-state index in [4.69, 9.17) is 28.0 Å². The Morgan fingerprint density at radius 2 is 1.28 bits per heavy atom. The number of halogens is 2. The van der Waals surface area contributed by atoms with E-state index in [-0.39, 0.29) is 22.1 Å². The fourth-order valence-corrected chi connectivity index (χ4v) is 3.84. The standard InChI is InChI=1S/C26H23Cl2NO3/c1-14-15(2)17(4)23(18(5)16(14)3)25(30)24(19-9-7-6-8-10-19)29-32-26(31)20-11-12-21(27)22(28)13-20/h6-13H,1-5H3/b29-24-. The van der Waals surface area contributed by atoms with Crippen molar-refractivity contribution in [3.05, 3.63) is 103 Å². The molecular weight excluding hydrogens is 445 g/mol. The first-order chi connectivity index (χ1) is 15.1. The van der Waals surface area contributed by atoms with Gasteiger partial charge in [-0.2, -0.15) is 0 Å². The molecule has 0 N–H and O–H groups in total. The van der Waals surface area contributed by atoms with Gasteiger partial charge in [-0.1, -0.05) is 58.7 Å². The third-order valence-electron chi connectivity index (χ3n) is 5.86. The van der Waals surface area contributed by atoms with Crippen molar-refractivity contribution in [2.45, 2.75) is 34.6 Å². The van der Waals surface area contributed by atoms with Crippen LogP contribution in [-0.2, 0) is 4.84 Å². The molecule has 32 heavy (non-hydrogen) atoms. The van der Waals surface area contributed by atoms with Crippen molar-refractivity contribution in [3.8, 4) is 0 Å². The van der Waals surface area contributed by atoms with Gasteiger partial charge in [0.15, 0.2) is 5.71 Å². The second-order valence-electron chi connectivity index (χ2n) is 7.64. The molecule has 4 nitrogen and oxygen atoms in total. The average Bonchev–Trinajstić information content (AvgIpc) is 2.79. The molecule has 3 aromatic carbocycles. The van der Waals surface area contributed by atoms with E-state index in [1.54, 1.807) is 24.3 Å². The molecule has 0 bridgehead atoms. The molecule has 0 unspecified atom stereocenters. The molecule has 164 valence electrons. The molecule has 0 saturated heterocycles. The lowest BCUT2D eigenvalue weighted by molar-refractivity contribution is 0.0516. The van der Waals surface area contributed by atoms with Crippen LogP contribution in [-0.4, -0.2) is 17.5 Å². The summed E-state index contributed by atoms with van der Waals surface area (Å²) in [7, 11) is 0. The molecular formula is C26H23Cl2NO3. The minimum Gasteiger partial charge on any atom is -0.312 e. The number of oxime groups is 1. The Morgan fingerprint density at radius 3 is 1.84 bits per heavy atom. The largest absolute Gasteiger partial charge is 0.365 e. The van der Waals surface area contributed by atoms with Crippen LogP contribution in [0.15, 0.2) is 53.7 Å². The molecule has 3 rings (SSSR count). The zero-order valence-corrected chi connectivity index (χ0v) is 20.1. The summed E-state index contributed by atoms with van der Waals surface area (Å²) in [4.78, 5) is 31.4. The van der Waals surface area contributed by atoms with Gasteiger partial charge in [-0.15, -0.1) is 0 Å². The van der Waals surface area contributed by atoms with E-state index in [1.807, 2.05) is 40.7 Å². The molecule has 0 atom stereocenters. The lowest BCUT2D eigenvalue weighted by Crippen LogP contribution is -2.21. The highest BCUT2D eigenvalue weighted by Crippen LogP contribution is 2.28. The van der Waals surface area contributed by atoms with E-state index in [2.05, 4.69) is 5.16 Å². The molecule has 0 amide bonds. The van der Waals surface area contributed by atoms with Gasteiger partial charge in [0, 0.05) is 11.1 Å². The number of carbonyl (C=O) groups is 2. The number of nitrogens with zero attached hydrogens (tertiary/aromatic N) is 1. The topological polar surface area (TPSA) is 55.7 Å². The van der Waals surface area contributed by atoms with Crippen LogP contribution >= 0.6 is 23.2 Å². The summed E-state index contributed by atoms with van der Waals surface area (Å²) < 4.78 is 0. The zero-order valence-electron chi connectivity index (χ0n) is 18.5. The summed E-state index contributed by atoms with van der Waals surface area (Å²) in [6.45, 7) is 9.89. The lowest BCUT2D eigenvalue weighted by atomic mass is 9.86. The van der Waals surface area contributed by atoms with E-state index in [9.17, 15) is 9.59 Å². The van der Waals surface area contributed by atoms with Crippen LogP contribution in [0.3, 0.4) is 0 Å². The maximum absolute atomic E-state index is 13.7. The lowest BCUT2D eigenvalue weighted by Gasteiger charge is -2.18. The van der Waals surface area contributed by atoms with Crippen LogP contribution in [0, 0.1) is 34.6 Å². The van der Waals surface area contributed by atoms with Crippen LogP contribution in [0.1, 0.15) is 54.1 Å². The normalized spacial score (nSPS) is 11.4. The van der Waals surface area contributed by atoms with Crippen molar-refractivity contribution in [1.29, 1.82) is 0 Å². The molecule has 0 aromatic heterocycles. The minimum atomic E-state index is -0.741. The van der Waals surface area contributed by atoms with Gasteiger partial charge in [0.2, 0.25) is 5.78 Å². The first-order valence-corrected chi connectivity index (χ1v) is 10.8. The van der Waals surface area contributed by atoms with E-state index in [0.717, 1.165) is 27.8 Å². The number of hydrogen-bond acceptors (Lipinski definition) is 4. The highest BCUT2D eigenvalue weighted by Gasteiger charge is 2.24. The van der Waals surface area contributed by atoms with Crippen LogP contribution in [0.5, 0.6) is 0 Å². The summed E-state index contributed by atoms with van der Waals surface area (Å²) >= 11 is 11.9. The summed E-state index contributed by atoms with van der Waals surface area (Å²) in [5, 5.41) is 4.55. The third-order valence-corrected chi connectivity index (χ3v) is 6.60. The Morgan fingerprint density at radius 1 is 0.719 bits per heavy atom. The van der Waals surface area contributed by atoms with Crippen LogP contribution in [0.4, 0.5) is 0 Å². The highest BCUT2D eigenvalue weighted by molar-refractivity contribution is 6.52. The van der Waals surface area contributed by atoms with Gasteiger partial charge in [0.25, 0.3) is 0 Å². The molecule has 0 fully saturated rings. The Hall–Kier alpha value is -2.95. The molecule has 0 aliphatic heterocycles. The number of carbonyl (C=O) groups excluding carboxylic acids is 2. The van der Waals surface area contributed by atoms with Crippen LogP contribution in [0.2, 0.25) is 10.0 Å². The Balaban J connectivity index is 2.07. The van der Waals surface area contributed by atoms with Crippen molar-refractivity contribution >= 4 is 40.7 Å². The molecule has 0 spiro atoms. The second kappa shape index (κ2) is 9.68. The van der Waals surface area contributed by atoms with Gasteiger partial charge in [-0.05, 0) is 80.6 Å². The van der Waals surface area contributed by atoms with Gasteiger partial charge >= 0.3 is 5.97 Å². The minimum absolute atomic E-state index is 0.0489. The maximum Gasteiger partial charge on any atom is 0.365 e. The predicted octanol–water partition coefficient (Wildman–Crippen LogP) is 6.98. The Bertz CT molecular complexity index is 1220. The van der Waals surface area contributed by atoms with Crippen molar-refractivity contribution in [2.75, 3.05) is 0 Å². The fourth-order valence-electron chi connectivity index (χ4n) is 3.54. The predicted molar refractivity (Wildman–Crippen MR) is 129 cm³/mol. The van der Waals surface area contributed by atoms with Crippen molar-refractivity contribution in [1.82, 2.24) is 0 Å². The number of Topliss-reactive ketones (excluding diaryl/α,β-unsaturated/α-hetero) is 1. The molecule has 0 aliphatic rings. The smallest absolute Gasteiger partial charge is 0.312 e. The van der Waals surface area contributed by atoms with E-state index in [0.29, 0.717) is 16.1 Å². The van der Waals surface area contributed by atoms with Gasteiger partial charge in [-0.25, -0.2) is 4.79 Å². The molecule has 0 aliphatic carbocycles. The molecule has 3 aromatic rings. The second-order valence-corrected chi connectivity index (χ2v) is 8.46. The first-order valence-electron chi connectivity index (χ1n) is 10.0. The number of ketones is 1. The Kier molecular flexibility index (Phi) is 7.17. The first kappa shape index (κ1) is 23.7.